The Labute approximate surface area is 74.1 Å². The zero-order valence-electron chi connectivity index (χ0n) is 6.75. The van der Waals surface area contributed by atoms with E-state index in [0.29, 0.717) is 5.56 Å². The van der Waals surface area contributed by atoms with E-state index in [1.807, 2.05) is 10.6 Å². The maximum atomic E-state index is 8.45. The van der Waals surface area contributed by atoms with Crippen molar-refractivity contribution in [2.45, 2.75) is 0 Å². The summed E-state index contributed by atoms with van der Waals surface area (Å²) in [5.41, 5.74) is 6.84. The van der Waals surface area contributed by atoms with Crippen LogP contribution < -0.4 is 5.73 Å². The van der Waals surface area contributed by atoms with Gasteiger partial charge in [-0.05, 0) is 12.1 Å². The molecule has 66 valence electrons. The molecule has 0 aromatic carbocycles. The zero-order chi connectivity index (χ0) is 9.26. The fourth-order valence-electron chi connectivity index (χ4n) is 1.13. The van der Waals surface area contributed by atoms with Crippen LogP contribution in [0.25, 0.3) is 5.65 Å². The molecule has 0 saturated carbocycles. The summed E-state index contributed by atoms with van der Waals surface area (Å²) in [4.78, 5) is 4.07. The highest BCUT2D eigenvalue weighted by Gasteiger charge is 2.00. The van der Waals surface area contributed by atoms with Crippen molar-refractivity contribution < 1.29 is 5.21 Å². The number of oxime groups is 1. The fraction of sp³-hybridized carbons (Fsp3) is 0. The number of rotatable bonds is 1. The van der Waals surface area contributed by atoms with Crippen molar-refractivity contribution in [3.8, 4) is 0 Å². The van der Waals surface area contributed by atoms with Gasteiger partial charge in [-0.2, -0.15) is 0 Å². The second kappa shape index (κ2) is 2.78. The number of aromatic nitrogens is 2. The van der Waals surface area contributed by atoms with Crippen LogP contribution in [-0.4, -0.2) is 20.4 Å². The van der Waals surface area contributed by atoms with Gasteiger partial charge in [0.1, 0.15) is 5.65 Å². The molecule has 0 spiro atoms. The molecule has 0 unspecified atom stereocenters. The SMILES string of the molecule is NC(=NO)c1ccn2ccnc2c1. The van der Waals surface area contributed by atoms with Gasteiger partial charge in [0.25, 0.3) is 0 Å². The van der Waals surface area contributed by atoms with Gasteiger partial charge in [0.2, 0.25) is 0 Å². The summed E-state index contributed by atoms with van der Waals surface area (Å²) in [6.07, 6.45) is 5.31. The number of amidine groups is 1. The Kier molecular flexibility index (Phi) is 1.63. The van der Waals surface area contributed by atoms with Crippen LogP contribution >= 0.6 is 0 Å². The number of nitrogens with zero attached hydrogens (tertiary/aromatic N) is 3. The first-order chi connectivity index (χ1) is 6.31. The molecular weight excluding hydrogens is 168 g/mol. The van der Waals surface area contributed by atoms with Gasteiger partial charge < -0.3 is 15.3 Å². The highest BCUT2D eigenvalue weighted by Crippen LogP contribution is 2.04. The van der Waals surface area contributed by atoms with E-state index < -0.39 is 0 Å². The van der Waals surface area contributed by atoms with E-state index >= 15 is 0 Å². The quantitative estimate of drug-likeness (QED) is 0.286. The molecule has 0 saturated heterocycles. The third-order valence-electron chi connectivity index (χ3n) is 1.80. The Morgan fingerprint density at radius 2 is 2.38 bits per heavy atom. The average Bonchev–Trinajstić information content (AvgIpc) is 2.63. The third kappa shape index (κ3) is 1.20. The van der Waals surface area contributed by atoms with Gasteiger partial charge in [-0.25, -0.2) is 4.98 Å². The van der Waals surface area contributed by atoms with Crippen molar-refractivity contribution in [2.75, 3.05) is 0 Å². The molecule has 0 fully saturated rings. The molecule has 0 atom stereocenters. The van der Waals surface area contributed by atoms with Crippen LogP contribution in [0.2, 0.25) is 0 Å². The van der Waals surface area contributed by atoms with Crippen molar-refractivity contribution in [3.05, 3.63) is 36.3 Å². The number of fused-ring (bicyclic) bond motifs is 1. The van der Waals surface area contributed by atoms with Crippen molar-refractivity contribution in [3.63, 3.8) is 0 Å². The Balaban J connectivity index is 2.60. The van der Waals surface area contributed by atoms with E-state index in [1.165, 1.54) is 0 Å². The Hall–Kier alpha value is -2.04. The van der Waals surface area contributed by atoms with E-state index in [2.05, 4.69) is 10.1 Å². The molecule has 13 heavy (non-hydrogen) atoms. The topological polar surface area (TPSA) is 75.9 Å². The summed E-state index contributed by atoms with van der Waals surface area (Å²) < 4.78 is 1.84. The van der Waals surface area contributed by atoms with Crippen molar-refractivity contribution in [2.24, 2.45) is 10.9 Å². The smallest absolute Gasteiger partial charge is 0.170 e. The van der Waals surface area contributed by atoms with Crippen LogP contribution in [0.1, 0.15) is 5.56 Å². The number of hydrogen-bond acceptors (Lipinski definition) is 3. The van der Waals surface area contributed by atoms with E-state index in [-0.39, 0.29) is 5.84 Å². The van der Waals surface area contributed by atoms with Crippen molar-refractivity contribution >= 4 is 11.5 Å². The summed E-state index contributed by atoms with van der Waals surface area (Å²) in [5, 5.41) is 11.4. The van der Waals surface area contributed by atoms with Crippen LogP contribution in [0.3, 0.4) is 0 Å². The van der Waals surface area contributed by atoms with Crippen molar-refractivity contribution in [1.29, 1.82) is 0 Å². The first-order valence-electron chi connectivity index (χ1n) is 3.72. The minimum Gasteiger partial charge on any atom is -0.409 e. The second-order valence-corrected chi connectivity index (χ2v) is 2.59. The van der Waals surface area contributed by atoms with Crippen molar-refractivity contribution in [1.82, 2.24) is 9.38 Å². The highest BCUT2D eigenvalue weighted by atomic mass is 16.4. The van der Waals surface area contributed by atoms with Gasteiger partial charge in [-0.3, -0.25) is 0 Å². The number of nitrogens with two attached hydrogens (primary N) is 1. The molecule has 3 N–H and O–H groups in total. The molecule has 0 aliphatic rings. The van der Waals surface area contributed by atoms with Gasteiger partial charge in [-0.15, -0.1) is 0 Å². The first kappa shape index (κ1) is 7.60. The summed E-state index contributed by atoms with van der Waals surface area (Å²) >= 11 is 0. The lowest BCUT2D eigenvalue weighted by atomic mass is 10.2. The monoisotopic (exact) mass is 176 g/mol. The molecule has 5 heteroatoms. The number of hydrogen-bond donors (Lipinski definition) is 2. The summed E-state index contributed by atoms with van der Waals surface area (Å²) in [5.74, 6) is 0.0884. The lowest BCUT2D eigenvalue weighted by Crippen LogP contribution is -2.13. The van der Waals surface area contributed by atoms with Gasteiger partial charge in [0, 0.05) is 24.2 Å². The minimum atomic E-state index is 0.0884. The maximum Gasteiger partial charge on any atom is 0.170 e. The molecule has 2 heterocycles. The molecule has 0 bridgehead atoms. The standard InChI is InChI=1S/C8H8N4O/c9-8(11-13)6-1-3-12-4-2-10-7(12)5-6/h1-5,13H,(H2,9,11). The summed E-state index contributed by atoms with van der Waals surface area (Å²) in [6.45, 7) is 0. The normalized spacial score (nSPS) is 12.2. The Bertz CT molecular complexity index is 460. The Morgan fingerprint density at radius 1 is 1.54 bits per heavy atom. The predicted octanol–water partition coefficient (Wildman–Crippen LogP) is 0.429. The minimum absolute atomic E-state index is 0.0884. The summed E-state index contributed by atoms with van der Waals surface area (Å²) in [7, 11) is 0. The summed E-state index contributed by atoms with van der Waals surface area (Å²) in [6, 6.07) is 3.50. The molecule has 0 radical (unpaired) electrons. The van der Waals surface area contributed by atoms with Gasteiger partial charge in [-0.1, -0.05) is 5.16 Å². The maximum absolute atomic E-state index is 8.45. The molecule has 0 aliphatic carbocycles. The molecule has 5 nitrogen and oxygen atoms in total. The Morgan fingerprint density at radius 3 is 3.15 bits per heavy atom. The molecule has 2 aromatic rings. The van der Waals surface area contributed by atoms with Gasteiger partial charge in [0.05, 0.1) is 0 Å². The van der Waals surface area contributed by atoms with Crippen LogP contribution in [-0.2, 0) is 0 Å². The molecule has 0 amide bonds. The lowest BCUT2D eigenvalue weighted by molar-refractivity contribution is 0.318. The van der Waals surface area contributed by atoms with Crippen LogP contribution in [0.15, 0.2) is 35.9 Å². The zero-order valence-corrected chi connectivity index (χ0v) is 6.75. The van der Waals surface area contributed by atoms with E-state index in [1.54, 1.807) is 24.5 Å². The third-order valence-corrected chi connectivity index (χ3v) is 1.80. The number of pyridine rings is 1. The van der Waals surface area contributed by atoms with E-state index in [4.69, 9.17) is 10.9 Å². The van der Waals surface area contributed by atoms with Crippen LogP contribution in [0.5, 0.6) is 0 Å². The lowest BCUT2D eigenvalue weighted by Gasteiger charge is -1.98. The molecule has 2 rings (SSSR count). The van der Waals surface area contributed by atoms with Gasteiger partial charge >= 0.3 is 0 Å². The largest absolute Gasteiger partial charge is 0.409 e. The molecule has 2 aromatic heterocycles. The van der Waals surface area contributed by atoms with Gasteiger partial charge in [0.15, 0.2) is 5.84 Å². The van der Waals surface area contributed by atoms with Crippen LogP contribution in [0.4, 0.5) is 0 Å². The highest BCUT2D eigenvalue weighted by molar-refractivity contribution is 5.97. The predicted molar refractivity (Wildman–Crippen MR) is 47.7 cm³/mol. The average molecular weight is 176 g/mol. The van der Waals surface area contributed by atoms with E-state index in [9.17, 15) is 0 Å². The first-order valence-corrected chi connectivity index (χ1v) is 3.72. The van der Waals surface area contributed by atoms with E-state index in [0.717, 1.165) is 5.65 Å². The molecule has 0 aliphatic heterocycles. The fourth-order valence-corrected chi connectivity index (χ4v) is 1.13. The number of imidazole rings is 1. The second-order valence-electron chi connectivity index (χ2n) is 2.59. The van der Waals surface area contributed by atoms with Crippen LogP contribution in [0, 0.1) is 0 Å². The molecular formula is C8H8N4O.